The van der Waals surface area contributed by atoms with Gasteiger partial charge in [0.25, 0.3) is 0 Å². The predicted molar refractivity (Wildman–Crippen MR) is 51.1 cm³/mol. The van der Waals surface area contributed by atoms with Gasteiger partial charge in [-0.15, -0.1) is 0 Å². The molecule has 0 aliphatic carbocycles. The molecule has 0 radical (unpaired) electrons. The SMILES string of the molecule is COc1cc(C(=O)[O-])cc2c1O[C@@H](C)C2. The Labute approximate surface area is 87.4 Å². The molecule has 0 bridgehead atoms. The van der Waals surface area contributed by atoms with Gasteiger partial charge in [0.15, 0.2) is 11.5 Å². The first kappa shape index (κ1) is 9.83. The zero-order chi connectivity index (χ0) is 11.0. The zero-order valence-corrected chi connectivity index (χ0v) is 8.57. The van der Waals surface area contributed by atoms with Crippen LogP contribution in [0.15, 0.2) is 12.1 Å². The van der Waals surface area contributed by atoms with Crippen LogP contribution in [0.4, 0.5) is 0 Å². The quantitative estimate of drug-likeness (QED) is 0.703. The van der Waals surface area contributed by atoms with Gasteiger partial charge in [0.2, 0.25) is 0 Å². The molecule has 0 saturated heterocycles. The van der Waals surface area contributed by atoms with Gasteiger partial charge >= 0.3 is 0 Å². The second kappa shape index (κ2) is 3.46. The number of benzene rings is 1. The summed E-state index contributed by atoms with van der Waals surface area (Å²) in [5, 5.41) is 10.7. The highest BCUT2D eigenvalue weighted by molar-refractivity contribution is 5.87. The summed E-state index contributed by atoms with van der Waals surface area (Å²) in [4.78, 5) is 10.7. The van der Waals surface area contributed by atoms with Gasteiger partial charge in [-0.25, -0.2) is 0 Å². The Morgan fingerprint density at radius 1 is 1.60 bits per heavy atom. The summed E-state index contributed by atoms with van der Waals surface area (Å²) in [5.41, 5.74) is 0.990. The van der Waals surface area contributed by atoms with Crippen molar-refractivity contribution < 1.29 is 19.4 Å². The number of carboxylic acids is 1. The van der Waals surface area contributed by atoms with Crippen molar-refractivity contribution in [1.82, 2.24) is 0 Å². The van der Waals surface area contributed by atoms with Gasteiger partial charge in [0.05, 0.1) is 13.1 Å². The van der Waals surface area contributed by atoms with Crippen LogP contribution < -0.4 is 14.6 Å². The van der Waals surface area contributed by atoms with Crippen LogP contribution in [0.25, 0.3) is 0 Å². The zero-order valence-electron chi connectivity index (χ0n) is 8.57. The molecular weight excluding hydrogens is 196 g/mol. The fourth-order valence-corrected chi connectivity index (χ4v) is 1.77. The lowest BCUT2D eigenvalue weighted by molar-refractivity contribution is -0.255. The Kier molecular flexibility index (Phi) is 2.26. The number of rotatable bonds is 2. The topological polar surface area (TPSA) is 58.6 Å². The van der Waals surface area contributed by atoms with Gasteiger partial charge in [0, 0.05) is 17.5 Å². The molecule has 0 unspecified atom stereocenters. The van der Waals surface area contributed by atoms with E-state index in [0.29, 0.717) is 17.9 Å². The Morgan fingerprint density at radius 3 is 2.93 bits per heavy atom. The minimum atomic E-state index is -1.20. The van der Waals surface area contributed by atoms with Crippen LogP contribution in [0.3, 0.4) is 0 Å². The molecule has 1 aliphatic rings. The predicted octanol–water partition coefficient (Wildman–Crippen LogP) is 0.382. The lowest BCUT2D eigenvalue weighted by Gasteiger charge is -2.10. The monoisotopic (exact) mass is 207 g/mol. The van der Waals surface area contributed by atoms with Crippen LogP contribution in [0.2, 0.25) is 0 Å². The largest absolute Gasteiger partial charge is 0.545 e. The molecule has 0 saturated carbocycles. The number of carboxylic acid groups (broad SMARTS) is 1. The van der Waals surface area contributed by atoms with Crippen LogP contribution in [0, 0.1) is 0 Å². The highest BCUT2D eigenvalue weighted by Gasteiger charge is 2.23. The third-order valence-electron chi connectivity index (χ3n) is 2.41. The lowest BCUT2D eigenvalue weighted by Crippen LogP contribution is -2.22. The third kappa shape index (κ3) is 1.63. The van der Waals surface area contributed by atoms with Crippen molar-refractivity contribution in [3.05, 3.63) is 23.3 Å². The van der Waals surface area contributed by atoms with E-state index in [1.807, 2.05) is 6.92 Å². The average Bonchev–Trinajstić information content (AvgIpc) is 2.56. The maximum absolute atomic E-state index is 10.7. The number of aromatic carboxylic acids is 1. The number of hydrogen-bond donors (Lipinski definition) is 0. The summed E-state index contributed by atoms with van der Waals surface area (Å²) in [6.07, 6.45) is 0.762. The van der Waals surface area contributed by atoms with Crippen molar-refractivity contribution >= 4 is 5.97 Å². The fraction of sp³-hybridized carbons (Fsp3) is 0.364. The molecule has 0 aromatic heterocycles. The van der Waals surface area contributed by atoms with E-state index in [2.05, 4.69) is 0 Å². The van der Waals surface area contributed by atoms with Crippen LogP contribution in [0.1, 0.15) is 22.8 Å². The number of hydrogen-bond acceptors (Lipinski definition) is 4. The smallest absolute Gasteiger partial charge is 0.164 e. The van der Waals surface area contributed by atoms with E-state index < -0.39 is 5.97 Å². The van der Waals surface area contributed by atoms with Gasteiger partial charge in [-0.3, -0.25) is 0 Å². The van der Waals surface area contributed by atoms with Crippen molar-refractivity contribution in [3.63, 3.8) is 0 Å². The van der Waals surface area contributed by atoms with Crippen molar-refractivity contribution in [2.45, 2.75) is 19.4 Å². The van der Waals surface area contributed by atoms with Gasteiger partial charge in [-0.2, -0.15) is 0 Å². The average molecular weight is 207 g/mol. The van der Waals surface area contributed by atoms with Crippen molar-refractivity contribution in [3.8, 4) is 11.5 Å². The number of ether oxygens (including phenoxy) is 2. The molecule has 4 heteroatoms. The third-order valence-corrected chi connectivity index (χ3v) is 2.41. The summed E-state index contributed by atoms with van der Waals surface area (Å²) < 4.78 is 10.6. The van der Waals surface area contributed by atoms with Crippen molar-refractivity contribution in [2.24, 2.45) is 0 Å². The second-order valence-corrected chi connectivity index (χ2v) is 3.59. The normalized spacial score (nSPS) is 18.1. The van der Waals surface area contributed by atoms with Crippen LogP contribution in [0.5, 0.6) is 11.5 Å². The maximum Gasteiger partial charge on any atom is 0.164 e. The molecule has 0 N–H and O–H groups in total. The molecule has 80 valence electrons. The van der Waals surface area contributed by atoms with E-state index in [4.69, 9.17) is 9.47 Å². The summed E-state index contributed by atoms with van der Waals surface area (Å²) in [6.45, 7) is 1.93. The standard InChI is InChI=1S/C11H12O4/c1-6-3-7-4-8(11(12)13)5-9(14-2)10(7)15-6/h4-6H,3H2,1-2H3,(H,12,13)/p-1/t6-/m0/s1. The summed E-state index contributed by atoms with van der Waals surface area (Å²) in [7, 11) is 1.49. The van der Waals surface area contributed by atoms with E-state index in [-0.39, 0.29) is 11.7 Å². The molecule has 0 spiro atoms. The molecule has 1 aromatic carbocycles. The fourth-order valence-electron chi connectivity index (χ4n) is 1.77. The van der Waals surface area contributed by atoms with E-state index in [9.17, 15) is 9.90 Å². The molecule has 0 fully saturated rings. The van der Waals surface area contributed by atoms with Crippen LogP contribution >= 0.6 is 0 Å². The number of fused-ring (bicyclic) bond motifs is 1. The molecule has 1 aliphatic heterocycles. The van der Waals surface area contributed by atoms with Gasteiger partial charge in [-0.1, -0.05) is 0 Å². The Bertz CT molecular complexity index is 411. The first-order chi connectivity index (χ1) is 7.11. The Balaban J connectivity index is 2.52. The molecule has 1 aromatic rings. The Morgan fingerprint density at radius 2 is 2.33 bits per heavy atom. The van der Waals surface area contributed by atoms with Crippen molar-refractivity contribution in [2.75, 3.05) is 7.11 Å². The van der Waals surface area contributed by atoms with Gasteiger partial charge < -0.3 is 19.4 Å². The minimum Gasteiger partial charge on any atom is -0.545 e. The number of carbonyl (C=O) groups is 1. The highest BCUT2D eigenvalue weighted by atomic mass is 16.5. The van der Waals surface area contributed by atoms with Crippen molar-refractivity contribution in [1.29, 1.82) is 0 Å². The summed E-state index contributed by atoms with van der Waals surface area (Å²) >= 11 is 0. The van der Waals surface area contributed by atoms with E-state index in [1.54, 1.807) is 6.07 Å². The van der Waals surface area contributed by atoms with E-state index >= 15 is 0 Å². The van der Waals surface area contributed by atoms with E-state index in [1.165, 1.54) is 13.2 Å². The molecule has 4 nitrogen and oxygen atoms in total. The minimum absolute atomic E-state index is 0.0610. The molecule has 0 amide bonds. The van der Waals surface area contributed by atoms with Crippen LogP contribution in [-0.4, -0.2) is 19.2 Å². The molecule has 1 atom stereocenters. The number of methoxy groups -OCH3 is 1. The number of carbonyl (C=O) groups excluding carboxylic acids is 1. The summed E-state index contributed by atoms with van der Waals surface area (Å²) in [5.74, 6) is -0.0956. The molecule has 2 rings (SSSR count). The van der Waals surface area contributed by atoms with Crippen LogP contribution in [-0.2, 0) is 6.42 Å². The Hall–Kier alpha value is -1.71. The van der Waals surface area contributed by atoms with E-state index in [0.717, 1.165) is 5.56 Å². The molecule has 15 heavy (non-hydrogen) atoms. The van der Waals surface area contributed by atoms with Gasteiger partial charge in [0.1, 0.15) is 6.10 Å². The molecular formula is C11H11O4-. The lowest BCUT2D eigenvalue weighted by atomic mass is 10.1. The molecule has 1 heterocycles. The first-order valence-corrected chi connectivity index (χ1v) is 4.70. The maximum atomic E-state index is 10.7. The second-order valence-electron chi connectivity index (χ2n) is 3.59. The first-order valence-electron chi connectivity index (χ1n) is 4.70. The summed E-state index contributed by atoms with van der Waals surface area (Å²) in [6, 6.07) is 3.00. The van der Waals surface area contributed by atoms with Gasteiger partial charge in [-0.05, 0) is 19.1 Å². The highest BCUT2D eigenvalue weighted by Crippen LogP contribution is 2.38.